The van der Waals surface area contributed by atoms with Crippen LogP contribution in [0.3, 0.4) is 0 Å². The fourth-order valence-electron chi connectivity index (χ4n) is 1.58. The molecule has 100 valence electrons. The molecule has 0 rings (SSSR count). The second-order valence-electron chi connectivity index (χ2n) is 5.60. The Morgan fingerprint density at radius 1 is 1.24 bits per heavy atom. The van der Waals surface area contributed by atoms with Gasteiger partial charge in [-0.2, -0.15) is 0 Å². The molecule has 0 spiro atoms. The first-order valence-corrected chi connectivity index (χ1v) is 6.05. The van der Waals surface area contributed by atoms with Gasteiger partial charge >= 0.3 is 5.97 Å². The van der Waals surface area contributed by atoms with E-state index in [0.717, 1.165) is 0 Å². The van der Waals surface area contributed by atoms with Crippen LogP contribution < -0.4 is 5.32 Å². The summed E-state index contributed by atoms with van der Waals surface area (Å²) in [6, 6.07) is -0.0713. The zero-order valence-corrected chi connectivity index (χ0v) is 11.8. The number of carbonyl (C=O) groups excluding carboxylic acids is 2. The summed E-state index contributed by atoms with van der Waals surface area (Å²) in [6.07, 6.45) is 0.754. The largest absolute Gasteiger partial charge is 0.469 e. The van der Waals surface area contributed by atoms with E-state index in [2.05, 4.69) is 10.1 Å². The first-order chi connectivity index (χ1) is 7.68. The second-order valence-corrected chi connectivity index (χ2v) is 5.60. The molecule has 0 fully saturated rings. The molecule has 0 heterocycles. The highest BCUT2D eigenvalue weighted by Crippen LogP contribution is 2.19. The third-order valence-electron chi connectivity index (χ3n) is 2.46. The van der Waals surface area contributed by atoms with Crippen LogP contribution in [0.5, 0.6) is 0 Å². The fourth-order valence-corrected chi connectivity index (χ4v) is 1.58. The Labute approximate surface area is 104 Å². The van der Waals surface area contributed by atoms with Crippen LogP contribution in [0.1, 0.15) is 47.5 Å². The van der Waals surface area contributed by atoms with Crippen molar-refractivity contribution in [3.8, 4) is 0 Å². The number of rotatable bonds is 6. The third kappa shape index (κ3) is 6.41. The van der Waals surface area contributed by atoms with Gasteiger partial charge in [-0.1, -0.05) is 34.6 Å². The van der Waals surface area contributed by atoms with Crippen molar-refractivity contribution in [2.24, 2.45) is 5.41 Å². The van der Waals surface area contributed by atoms with Crippen LogP contribution in [-0.4, -0.2) is 30.9 Å². The molecule has 0 unspecified atom stereocenters. The summed E-state index contributed by atoms with van der Waals surface area (Å²) in [4.78, 5) is 23.3. The highest BCUT2D eigenvalue weighted by molar-refractivity contribution is 5.89. The zero-order valence-electron chi connectivity index (χ0n) is 11.8. The monoisotopic (exact) mass is 243 g/mol. The normalized spacial score (nSPS) is 13.6. The molecule has 0 aromatic heterocycles. The lowest BCUT2D eigenvalue weighted by molar-refractivity contribution is -0.141. The summed E-state index contributed by atoms with van der Waals surface area (Å²) in [6.45, 7) is 9.65. The van der Waals surface area contributed by atoms with Crippen molar-refractivity contribution in [3.63, 3.8) is 0 Å². The molecule has 0 amide bonds. The molecule has 0 aliphatic carbocycles. The van der Waals surface area contributed by atoms with E-state index < -0.39 is 5.41 Å². The summed E-state index contributed by atoms with van der Waals surface area (Å²) in [5.74, 6) is -0.141. The number of methoxy groups -OCH3 is 1. The highest BCUT2D eigenvalue weighted by Gasteiger charge is 2.30. The summed E-state index contributed by atoms with van der Waals surface area (Å²) in [5, 5.41) is 3.21. The predicted molar refractivity (Wildman–Crippen MR) is 67.8 cm³/mol. The van der Waals surface area contributed by atoms with Gasteiger partial charge in [-0.25, -0.2) is 0 Å². The predicted octanol–water partition coefficient (Wildman–Crippen LogP) is 1.92. The Hall–Kier alpha value is -0.900. The minimum atomic E-state index is -0.400. The van der Waals surface area contributed by atoms with Crippen molar-refractivity contribution >= 4 is 11.8 Å². The van der Waals surface area contributed by atoms with Crippen LogP contribution in [0, 0.1) is 5.41 Å². The molecule has 0 bridgehead atoms. The lowest BCUT2D eigenvalue weighted by Crippen LogP contribution is -2.46. The van der Waals surface area contributed by atoms with Gasteiger partial charge in [0.15, 0.2) is 5.78 Å². The minimum absolute atomic E-state index is 0.134. The van der Waals surface area contributed by atoms with Gasteiger partial charge < -0.3 is 10.1 Å². The van der Waals surface area contributed by atoms with E-state index in [9.17, 15) is 9.59 Å². The number of carbonyl (C=O) groups is 2. The summed E-state index contributed by atoms with van der Waals surface area (Å²) < 4.78 is 4.59. The van der Waals surface area contributed by atoms with Crippen molar-refractivity contribution in [2.45, 2.75) is 59.5 Å². The second kappa shape index (κ2) is 6.74. The standard InChI is InChI=1S/C13H25NO3/c1-9(2)14-10(7-8-11(15)17-6)12(16)13(3,4)5/h9-10,14H,7-8H2,1-6H3/t10-/m0/s1. The lowest BCUT2D eigenvalue weighted by atomic mass is 9.84. The van der Waals surface area contributed by atoms with E-state index in [1.807, 2.05) is 34.6 Å². The number of hydrogen-bond acceptors (Lipinski definition) is 4. The number of nitrogens with one attached hydrogen (secondary N) is 1. The number of hydrogen-bond donors (Lipinski definition) is 1. The first kappa shape index (κ1) is 16.1. The van der Waals surface area contributed by atoms with Gasteiger partial charge in [0.25, 0.3) is 0 Å². The van der Waals surface area contributed by atoms with Crippen molar-refractivity contribution in [3.05, 3.63) is 0 Å². The van der Waals surface area contributed by atoms with Crippen molar-refractivity contribution in [1.82, 2.24) is 5.32 Å². The van der Waals surface area contributed by atoms with Gasteiger partial charge in [-0.15, -0.1) is 0 Å². The van der Waals surface area contributed by atoms with E-state index in [0.29, 0.717) is 6.42 Å². The Balaban J connectivity index is 4.54. The van der Waals surface area contributed by atoms with E-state index in [1.54, 1.807) is 0 Å². The van der Waals surface area contributed by atoms with Crippen LogP contribution in [0.4, 0.5) is 0 Å². The molecule has 0 aliphatic heterocycles. The van der Waals surface area contributed by atoms with Crippen LogP contribution in [-0.2, 0) is 14.3 Å². The maximum Gasteiger partial charge on any atom is 0.305 e. The molecule has 0 aromatic rings. The molecule has 4 nitrogen and oxygen atoms in total. The van der Waals surface area contributed by atoms with Crippen LogP contribution in [0.2, 0.25) is 0 Å². The van der Waals surface area contributed by atoms with Gasteiger partial charge in [-0.05, 0) is 6.42 Å². The zero-order chi connectivity index (χ0) is 13.6. The average Bonchev–Trinajstić information content (AvgIpc) is 2.20. The van der Waals surface area contributed by atoms with Crippen LogP contribution >= 0.6 is 0 Å². The van der Waals surface area contributed by atoms with Gasteiger partial charge in [0.05, 0.1) is 13.2 Å². The van der Waals surface area contributed by atoms with Crippen LogP contribution in [0.25, 0.3) is 0 Å². The maximum atomic E-state index is 12.2. The van der Waals surface area contributed by atoms with Crippen molar-refractivity contribution in [2.75, 3.05) is 7.11 Å². The molecule has 0 saturated heterocycles. The number of esters is 1. The smallest absolute Gasteiger partial charge is 0.305 e. The summed E-state index contributed by atoms with van der Waals surface area (Å²) in [7, 11) is 1.36. The Bertz CT molecular complexity index is 266. The molecule has 0 radical (unpaired) electrons. The lowest BCUT2D eigenvalue weighted by Gasteiger charge is -2.26. The van der Waals surface area contributed by atoms with Gasteiger partial charge in [0.2, 0.25) is 0 Å². The van der Waals surface area contributed by atoms with Crippen LogP contribution in [0.15, 0.2) is 0 Å². The third-order valence-corrected chi connectivity index (χ3v) is 2.46. The summed E-state index contributed by atoms with van der Waals surface area (Å²) in [5.41, 5.74) is -0.400. The molecule has 1 N–H and O–H groups in total. The Kier molecular flexibility index (Phi) is 6.39. The van der Waals surface area contributed by atoms with E-state index in [1.165, 1.54) is 7.11 Å². The van der Waals surface area contributed by atoms with Gasteiger partial charge in [-0.3, -0.25) is 9.59 Å². The molecular weight excluding hydrogens is 218 g/mol. The van der Waals surface area contributed by atoms with Gasteiger partial charge in [0.1, 0.15) is 0 Å². The topological polar surface area (TPSA) is 55.4 Å². The average molecular weight is 243 g/mol. The first-order valence-electron chi connectivity index (χ1n) is 6.05. The molecular formula is C13H25NO3. The quantitative estimate of drug-likeness (QED) is 0.724. The number of Topliss-reactive ketones (excluding diaryl/α,β-unsaturated/α-hetero) is 1. The maximum absolute atomic E-state index is 12.2. The Morgan fingerprint density at radius 3 is 2.12 bits per heavy atom. The number of ketones is 1. The van der Waals surface area contributed by atoms with Crippen molar-refractivity contribution < 1.29 is 14.3 Å². The molecule has 17 heavy (non-hydrogen) atoms. The number of ether oxygens (including phenoxy) is 1. The SMILES string of the molecule is COC(=O)CC[C@H](NC(C)C)C(=O)C(C)(C)C. The molecule has 1 atom stereocenters. The van der Waals surface area contributed by atoms with E-state index >= 15 is 0 Å². The molecule has 0 aromatic carbocycles. The molecule has 4 heteroatoms. The van der Waals surface area contributed by atoms with E-state index in [4.69, 9.17) is 0 Å². The minimum Gasteiger partial charge on any atom is -0.469 e. The fraction of sp³-hybridized carbons (Fsp3) is 0.846. The van der Waals surface area contributed by atoms with E-state index in [-0.39, 0.29) is 30.3 Å². The molecule has 0 aliphatic rings. The highest BCUT2D eigenvalue weighted by atomic mass is 16.5. The molecule has 0 saturated carbocycles. The van der Waals surface area contributed by atoms with Gasteiger partial charge in [0, 0.05) is 17.9 Å². The van der Waals surface area contributed by atoms with Crippen molar-refractivity contribution in [1.29, 1.82) is 0 Å². The Morgan fingerprint density at radius 2 is 1.76 bits per heavy atom. The summed E-state index contributed by atoms with van der Waals surface area (Å²) >= 11 is 0.